The molecule has 0 unspecified atom stereocenters. The highest BCUT2D eigenvalue weighted by molar-refractivity contribution is 5.94. The van der Waals surface area contributed by atoms with Gasteiger partial charge in [-0.15, -0.1) is 0 Å². The van der Waals surface area contributed by atoms with Gasteiger partial charge >= 0.3 is 0 Å². The Morgan fingerprint density at radius 2 is 1.79 bits per heavy atom. The smallest absolute Gasteiger partial charge is 0.267 e. The van der Waals surface area contributed by atoms with E-state index in [1.54, 1.807) is 6.07 Å². The lowest BCUT2D eigenvalue weighted by molar-refractivity contribution is 0.0732. The molecule has 29 heavy (non-hydrogen) atoms. The molecule has 4 rings (SSSR count). The van der Waals surface area contributed by atoms with Crippen LogP contribution < -0.4 is 5.56 Å². The van der Waals surface area contributed by atoms with Gasteiger partial charge in [0, 0.05) is 76.0 Å². The third-order valence-electron chi connectivity index (χ3n) is 5.93. The van der Waals surface area contributed by atoms with Gasteiger partial charge in [0.15, 0.2) is 0 Å². The fourth-order valence-corrected chi connectivity index (χ4v) is 4.04. The number of amides is 1. The Morgan fingerprint density at radius 3 is 2.48 bits per heavy atom. The van der Waals surface area contributed by atoms with Crippen molar-refractivity contribution in [1.82, 2.24) is 24.5 Å². The third-order valence-corrected chi connectivity index (χ3v) is 5.93. The molecule has 7 nitrogen and oxygen atoms in total. The lowest BCUT2D eigenvalue weighted by atomic mass is 10.0. The SMILES string of the molecule is CCn1nc2c(cc1=O)CN(C(=O)c1ccc(CN3CCN(C)CC3)cc1)CC2. The van der Waals surface area contributed by atoms with Crippen molar-refractivity contribution in [3.05, 3.63) is 63.1 Å². The molecule has 1 aromatic carbocycles. The van der Waals surface area contributed by atoms with Gasteiger partial charge in [0.25, 0.3) is 11.5 Å². The maximum absolute atomic E-state index is 13.0. The number of aryl methyl sites for hydroxylation is 1. The fraction of sp³-hybridized carbons (Fsp3) is 0.500. The van der Waals surface area contributed by atoms with E-state index in [0.717, 1.165) is 44.0 Å². The molecule has 0 saturated carbocycles. The van der Waals surface area contributed by atoms with Crippen molar-refractivity contribution in [2.75, 3.05) is 39.8 Å². The molecule has 2 aliphatic rings. The van der Waals surface area contributed by atoms with E-state index in [0.29, 0.717) is 31.6 Å². The minimum absolute atomic E-state index is 0.0152. The van der Waals surface area contributed by atoms with Crippen LogP contribution in [0.1, 0.15) is 34.1 Å². The molecule has 1 saturated heterocycles. The largest absolute Gasteiger partial charge is 0.334 e. The summed E-state index contributed by atoms with van der Waals surface area (Å²) in [7, 11) is 2.16. The van der Waals surface area contributed by atoms with Crippen LogP contribution in [0.4, 0.5) is 0 Å². The van der Waals surface area contributed by atoms with Crippen LogP contribution in [-0.2, 0) is 26.1 Å². The number of nitrogens with zero attached hydrogens (tertiary/aromatic N) is 5. The number of rotatable bonds is 4. The molecule has 7 heteroatoms. The van der Waals surface area contributed by atoms with E-state index in [1.807, 2.05) is 24.0 Å². The Hall–Kier alpha value is -2.51. The van der Waals surface area contributed by atoms with Gasteiger partial charge < -0.3 is 9.80 Å². The monoisotopic (exact) mass is 395 g/mol. The van der Waals surface area contributed by atoms with Crippen molar-refractivity contribution in [3.63, 3.8) is 0 Å². The van der Waals surface area contributed by atoms with Gasteiger partial charge in [-0.3, -0.25) is 14.5 Å². The first-order valence-electron chi connectivity index (χ1n) is 10.4. The van der Waals surface area contributed by atoms with Gasteiger partial charge in [0.2, 0.25) is 0 Å². The highest BCUT2D eigenvalue weighted by Gasteiger charge is 2.24. The van der Waals surface area contributed by atoms with Crippen molar-refractivity contribution in [3.8, 4) is 0 Å². The van der Waals surface area contributed by atoms with Crippen LogP contribution in [0, 0.1) is 0 Å². The van der Waals surface area contributed by atoms with Crippen molar-refractivity contribution < 1.29 is 4.79 Å². The molecule has 3 heterocycles. The molecule has 2 aromatic rings. The maximum Gasteiger partial charge on any atom is 0.267 e. The quantitative estimate of drug-likeness (QED) is 0.779. The van der Waals surface area contributed by atoms with Crippen LogP contribution in [0.15, 0.2) is 35.1 Å². The normalized spacial score (nSPS) is 17.9. The van der Waals surface area contributed by atoms with E-state index in [1.165, 1.54) is 10.2 Å². The molecule has 0 atom stereocenters. The number of piperazine rings is 1. The molecule has 0 bridgehead atoms. The standard InChI is InChI=1S/C22H29N5O2/c1-3-27-21(28)14-19-16-26(9-8-20(19)23-27)22(29)18-6-4-17(5-7-18)15-25-12-10-24(2)11-13-25/h4-7,14H,3,8-13,15-16H2,1-2H3. The zero-order chi connectivity index (χ0) is 20.4. The van der Waals surface area contributed by atoms with Gasteiger partial charge in [-0.25, -0.2) is 4.68 Å². The number of benzene rings is 1. The van der Waals surface area contributed by atoms with Crippen molar-refractivity contribution >= 4 is 5.91 Å². The van der Waals surface area contributed by atoms with Gasteiger partial charge in [-0.1, -0.05) is 12.1 Å². The molecule has 1 amide bonds. The topological polar surface area (TPSA) is 61.7 Å². The lowest BCUT2D eigenvalue weighted by Gasteiger charge is -2.32. The number of carbonyl (C=O) groups excluding carboxylic acids is 1. The molecule has 2 aliphatic heterocycles. The van der Waals surface area contributed by atoms with Crippen molar-refractivity contribution in [2.45, 2.75) is 33.0 Å². The van der Waals surface area contributed by atoms with Gasteiger partial charge in [0.05, 0.1) is 5.69 Å². The molecule has 0 N–H and O–H groups in total. The average Bonchev–Trinajstić information content (AvgIpc) is 2.74. The number of hydrogen-bond acceptors (Lipinski definition) is 5. The van der Waals surface area contributed by atoms with E-state index < -0.39 is 0 Å². The Balaban J connectivity index is 1.41. The Labute approximate surface area is 171 Å². The summed E-state index contributed by atoms with van der Waals surface area (Å²) in [6.45, 7) is 8.84. The molecule has 1 aromatic heterocycles. The number of carbonyl (C=O) groups is 1. The molecule has 0 aliphatic carbocycles. The molecule has 154 valence electrons. The predicted octanol–water partition coefficient (Wildman–Crippen LogP) is 1.21. The van der Waals surface area contributed by atoms with E-state index in [4.69, 9.17) is 0 Å². The van der Waals surface area contributed by atoms with Crippen LogP contribution in [0.5, 0.6) is 0 Å². The summed E-state index contributed by atoms with van der Waals surface area (Å²) in [4.78, 5) is 31.7. The number of hydrogen-bond donors (Lipinski definition) is 0. The summed E-state index contributed by atoms with van der Waals surface area (Å²) < 4.78 is 1.48. The van der Waals surface area contributed by atoms with Crippen LogP contribution >= 0.6 is 0 Å². The zero-order valence-corrected chi connectivity index (χ0v) is 17.3. The van der Waals surface area contributed by atoms with Crippen molar-refractivity contribution in [2.24, 2.45) is 0 Å². The molecule has 1 fully saturated rings. The molecule has 0 radical (unpaired) electrons. The summed E-state index contributed by atoms with van der Waals surface area (Å²) in [5, 5.41) is 4.43. The third kappa shape index (κ3) is 4.41. The molecular formula is C22H29N5O2. The van der Waals surface area contributed by atoms with Crippen LogP contribution in [0.2, 0.25) is 0 Å². The fourth-order valence-electron chi connectivity index (χ4n) is 4.04. The predicted molar refractivity (Wildman–Crippen MR) is 112 cm³/mol. The number of fused-ring (bicyclic) bond motifs is 1. The Bertz CT molecular complexity index is 929. The average molecular weight is 396 g/mol. The summed E-state index contributed by atoms with van der Waals surface area (Å²) in [6, 6.07) is 9.60. The first-order valence-corrected chi connectivity index (χ1v) is 10.4. The van der Waals surface area contributed by atoms with Crippen LogP contribution in [0.3, 0.4) is 0 Å². The maximum atomic E-state index is 13.0. The second kappa shape index (κ2) is 8.47. The summed E-state index contributed by atoms with van der Waals surface area (Å²) in [5.41, 5.74) is 3.63. The van der Waals surface area contributed by atoms with Crippen LogP contribution in [0.25, 0.3) is 0 Å². The minimum Gasteiger partial charge on any atom is -0.334 e. The van der Waals surface area contributed by atoms with E-state index >= 15 is 0 Å². The van der Waals surface area contributed by atoms with E-state index in [9.17, 15) is 9.59 Å². The second-order valence-electron chi connectivity index (χ2n) is 8.02. The van der Waals surface area contributed by atoms with E-state index in [2.05, 4.69) is 34.1 Å². The first-order chi connectivity index (χ1) is 14.0. The van der Waals surface area contributed by atoms with E-state index in [-0.39, 0.29) is 11.5 Å². The van der Waals surface area contributed by atoms with Gasteiger partial charge in [-0.2, -0.15) is 5.10 Å². The highest BCUT2D eigenvalue weighted by Crippen LogP contribution is 2.18. The highest BCUT2D eigenvalue weighted by atomic mass is 16.2. The zero-order valence-electron chi connectivity index (χ0n) is 17.3. The lowest BCUT2D eigenvalue weighted by Crippen LogP contribution is -2.43. The van der Waals surface area contributed by atoms with Gasteiger partial charge in [-0.05, 0) is 31.7 Å². The first kappa shape index (κ1) is 19.8. The second-order valence-corrected chi connectivity index (χ2v) is 8.02. The summed E-state index contributed by atoms with van der Waals surface area (Å²) >= 11 is 0. The summed E-state index contributed by atoms with van der Waals surface area (Å²) in [5.74, 6) is 0.0152. The van der Waals surface area contributed by atoms with Gasteiger partial charge in [0.1, 0.15) is 0 Å². The minimum atomic E-state index is -0.103. The molecular weight excluding hydrogens is 366 g/mol. The Kier molecular flexibility index (Phi) is 5.78. The Morgan fingerprint density at radius 1 is 1.07 bits per heavy atom. The number of likely N-dealkylation sites (N-methyl/N-ethyl adjacent to an activating group) is 1. The molecule has 0 spiro atoms. The van der Waals surface area contributed by atoms with Crippen LogP contribution in [-0.4, -0.2) is 70.2 Å². The summed E-state index contributed by atoms with van der Waals surface area (Å²) in [6.07, 6.45) is 0.683. The van der Waals surface area contributed by atoms with Crippen molar-refractivity contribution in [1.29, 1.82) is 0 Å². The number of aromatic nitrogens is 2.